The van der Waals surface area contributed by atoms with Crippen molar-refractivity contribution in [2.75, 3.05) is 11.6 Å². The molecule has 0 aliphatic heterocycles. The molecule has 0 aromatic heterocycles. The molecule has 0 heterocycles. The molecule has 21 heavy (non-hydrogen) atoms. The number of anilines is 1. The molecule has 0 spiro atoms. The van der Waals surface area contributed by atoms with Crippen molar-refractivity contribution < 1.29 is 9.59 Å². The van der Waals surface area contributed by atoms with Crippen LogP contribution in [0.25, 0.3) is 0 Å². The first-order valence-electron chi connectivity index (χ1n) is 6.98. The number of thioether (sulfide) groups is 1. The van der Waals surface area contributed by atoms with E-state index in [1.54, 1.807) is 18.7 Å². The van der Waals surface area contributed by atoms with Gasteiger partial charge in [-0.05, 0) is 38.7 Å². The minimum absolute atomic E-state index is 0.0991. The second kappa shape index (κ2) is 8.56. The fraction of sp³-hybridized carbons (Fsp3) is 0.467. The zero-order chi connectivity index (χ0) is 15.8. The lowest BCUT2D eigenvalue weighted by Crippen LogP contribution is -2.48. The molecule has 5 nitrogen and oxygen atoms in total. The highest BCUT2D eigenvalue weighted by atomic mass is 32.2. The summed E-state index contributed by atoms with van der Waals surface area (Å²) in [4.78, 5) is 24.8. The SMILES string of the molecule is CC[C@H](C)NC(=O)[C@@H](C)NC(=O)Nc1ccccc1SC. The Hall–Kier alpha value is -1.69. The Balaban J connectivity index is 2.55. The zero-order valence-corrected chi connectivity index (χ0v) is 13.7. The molecule has 3 amide bonds. The molecule has 0 saturated heterocycles. The third kappa shape index (κ3) is 5.67. The van der Waals surface area contributed by atoms with Gasteiger partial charge in [-0.2, -0.15) is 0 Å². The van der Waals surface area contributed by atoms with Gasteiger partial charge in [0.25, 0.3) is 0 Å². The van der Waals surface area contributed by atoms with Gasteiger partial charge < -0.3 is 16.0 Å². The second-order valence-corrected chi connectivity index (χ2v) is 5.69. The Labute approximate surface area is 130 Å². The lowest BCUT2D eigenvalue weighted by molar-refractivity contribution is -0.123. The molecule has 1 aromatic rings. The number of para-hydroxylation sites is 1. The van der Waals surface area contributed by atoms with E-state index in [-0.39, 0.29) is 18.0 Å². The van der Waals surface area contributed by atoms with Crippen LogP contribution in [0.4, 0.5) is 10.5 Å². The maximum absolute atomic E-state index is 11.9. The molecule has 1 rings (SSSR count). The molecule has 0 saturated carbocycles. The van der Waals surface area contributed by atoms with Crippen LogP contribution in [-0.4, -0.2) is 30.3 Å². The van der Waals surface area contributed by atoms with Gasteiger partial charge in [0.15, 0.2) is 0 Å². The predicted octanol–water partition coefficient (Wildman–Crippen LogP) is 2.83. The number of benzene rings is 1. The van der Waals surface area contributed by atoms with Crippen LogP contribution in [0.2, 0.25) is 0 Å². The molecule has 1 aromatic carbocycles. The second-order valence-electron chi connectivity index (χ2n) is 4.84. The topological polar surface area (TPSA) is 70.2 Å². The van der Waals surface area contributed by atoms with E-state index in [0.717, 1.165) is 17.0 Å². The van der Waals surface area contributed by atoms with Gasteiger partial charge in [0.1, 0.15) is 6.04 Å². The quantitative estimate of drug-likeness (QED) is 0.708. The highest BCUT2D eigenvalue weighted by molar-refractivity contribution is 7.98. The average molecular weight is 309 g/mol. The van der Waals surface area contributed by atoms with E-state index in [4.69, 9.17) is 0 Å². The average Bonchev–Trinajstić information content (AvgIpc) is 2.47. The molecule has 0 unspecified atom stereocenters. The monoisotopic (exact) mass is 309 g/mol. The summed E-state index contributed by atoms with van der Waals surface area (Å²) in [6, 6.07) is 6.66. The summed E-state index contributed by atoms with van der Waals surface area (Å²) in [6.07, 6.45) is 2.80. The Morgan fingerprint density at radius 1 is 1.19 bits per heavy atom. The smallest absolute Gasteiger partial charge is 0.319 e. The summed E-state index contributed by atoms with van der Waals surface area (Å²) in [7, 11) is 0. The van der Waals surface area contributed by atoms with Gasteiger partial charge in [0, 0.05) is 10.9 Å². The number of rotatable bonds is 6. The zero-order valence-electron chi connectivity index (χ0n) is 12.9. The molecule has 0 radical (unpaired) electrons. The molecule has 0 aliphatic rings. The lowest BCUT2D eigenvalue weighted by Gasteiger charge is -2.18. The van der Waals surface area contributed by atoms with E-state index < -0.39 is 6.04 Å². The predicted molar refractivity (Wildman–Crippen MR) is 87.7 cm³/mol. The third-order valence-electron chi connectivity index (χ3n) is 3.10. The fourth-order valence-electron chi connectivity index (χ4n) is 1.64. The van der Waals surface area contributed by atoms with Crippen LogP contribution in [0.15, 0.2) is 29.2 Å². The first-order valence-corrected chi connectivity index (χ1v) is 8.21. The Morgan fingerprint density at radius 2 is 1.86 bits per heavy atom. The highest BCUT2D eigenvalue weighted by Crippen LogP contribution is 2.24. The first-order chi connectivity index (χ1) is 9.97. The number of carbonyl (C=O) groups excluding carboxylic acids is 2. The first kappa shape index (κ1) is 17.4. The van der Waals surface area contributed by atoms with Crippen LogP contribution >= 0.6 is 11.8 Å². The Kier molecular flexibility index (Phi) is 7.08. The number of hydrogen-bond donors (Lipinski definition) is 3. The van der Waals surface area contributed by atoms with Crippen molar-refractivity contribution in [3.05, 3.63) is 24.3 Å². The Bertz CT molecular complexity index is 494. The van der Waals surface area contributed by atoms with E-state index in [0.29, 0.717) is 0 Å². The van der Waals surface area contributed by atoms with Crippen molar-refractivity contribution in [2.24, 2.45) is 0 Å². The van der Waals surface area contributed by atoms with Gasteiger partial charge >= 0.3 is 6.03 Å². The van der Waals surface area contributed by atoms with Gasteiger partial charge in [-0.15, -0.1) is 11.8 Å². The minimum Gasteiger partial charge on any atom is -0.352 e. The molecular formula is C15H23N3O2S. The summed E-state index contributed by atoms with van der Waals surface area (Å²) < 4.78 is 0. The molecule has 2 atom stereocenters. The largest absolute Gasteiger partial charge is 0.352 e. The molecule has 0 fully saturated rings. The maximum atomic E-state index is 11.9. The van der Waals surface area contributed by atoms with E-state index in [1.165, 1.54) is 0 Å². The van der Waals surface area contributed by atoms with Gasteiger partial charge in [-0.25, -0.2) is 4.79 Å². The maximum Gasteiger partial charge on any atom is 0.319 e. The standard InChI is InChI=1S/C15H23N3O2S/c1-5-10(2)16-14(19)11(3)17-15(20)18-12-8-6-7-9-13(12)21-4/h6-11H,5H2,1-4H3,(H,16,19)(H2,17,18,20)/t10-,11+/m0/s1. The summed E-state index contributed by atoms with van der Waals surface area (Å²) in [5, 5.41) is 8.24. The van der Waals surface area contributed by atoms with Crippen molar-refractivity contribution in [1.29, 1.82) is 0 Å². The van der Waals surface area contributed by atoms with Crippen LogP contribution in [0.1, 0.15) is 27.2 Å². The van der Waals surface area contributed by atoms with Crippen molar-refractivity contribution >= 4 is 29.4 Å². The van der Waals surface area contributed by atoms with Crippen LogP contribution in [0, 0.1) is 0 Å². The molecule has 3 N–H and O–H groups in total. The van der Waals surface area contributed by atoms with Crippen LogP contribution in [0.5, 0.6) is 0 Å². The summed E-state index contributed by atoms with van der Waals surface area (Å²) >= 11 is 1.55. The number of carbonyl (C=O) groups is 2. The van der Waals surface area contributed by atoms with Gasteiger partial charge in [0.2, 0.25) is 5.91 Å². The molecule has 0 bridgehead atoms. The third-order valence-corrected chi connectivity index (χ3v) is 3.89. The summed E-state index contributed by atoms with van der Waals surface area (Å²) in [6.45, 7) is 5.59. The van der Waals surface area contributed by atoms with Crippen LogP contribution in [0.3, 0.4) is 0 Å². The van der Waals surface area contributed by atoms with Crippen LogP contribution < -0.4 is 16.0 Å². The normalized spacial score (nSPS) is 13.1. The molecule has 116 valence electrons. The van der Waals surface area contributed by atoms with Crippen molar-refractivity contribution in [2.45, 2.75) is 44.2 Å². The lowest BCUT2D eigenvalue weighted by atomic mass is 10.2. The van der Waals surface area contributed by atoms with E-state index >= 15 is 0 Å². The highest BCUT2D eigenvalue weighted by Gasteiger charge is 2.17. The van der Waals surface area contributed by atoms with E-state index in [2.05, 4.69) is 16.0 Å². The minimum atomic E-state index is -0.583. The number of urea groups is 1. The van der Waals surface area contributed by atoms with Crippen LogP contribution in [-0.2, 0) is 4.79 Å². The van der Waals surface area contributed by atoms with E-state index in [1.807, 2.05) is 44.4 Å². The van der Waals surface area contributed by atoms with E-state index in [9.17, 15) is 9.59 Å². The molecule has 0 aliphatic carbocycles. The fourth-order valence-corrected chi connectivity index (χ4v) is 2.19. The Morgan fingerprint density at radius 3 is 2.48 bits per heavy atom. The van der Waals surface area contributed by atoms with Crippen molar-refractivity contribution in [1.82, 2.24) is 10.6 Å². The van der Waals surface area contributed by atoms with Crippen molar-refractivity contribution in [3.8, 4) is 0 Å². The summed E-state index contributed by atoms with van der Waals surface area (Å²) in [5.74, 6) is -0.183. The summed E-state index contributed by atoms with van der Waals surface area (Å²) in [5.41, 5.74) is 0.733. The number of nitrogens with one attached hydrogen (secondary N) is 3. The van der Waals surface area contributed by atoms with Gasteiger partial charge in [0.05, 0.1) is 5.69 Å². The number of hydrogen-bond acceptors (Lipinski definition) is 3. The van der Waals surface area contributed by atoms with Gasteiger partial charge in [-0.3, -0.25) is 4.79 Å². The molecule has 6 heteroatoms. The number of amides is 3. The molecular weight excluding hydrogens is 286 g/mol. The van der Waals surface area contributed by atoms with Gasteiger partial charge in [-0.1, -0.05) is 19.1 Å². The van der Waals surface area contributed by atoms with Crippen molar-refractivity contribution in [3.63, 3.8) is 0 Å².